The van der Waals surface area contributed by atoms with Gasteiger partial charge in [-0.15, -0.1) is 11.8 Å². The number of methoxy groups -OCH3 is 1. The molecule has 2 rings (SSSR count). The third-order valence-electron chi connectivity index (χ3n) is 3.10. The van der Waals surface area contributed by atoms with E-state index in [1.165, 1.54) is 18.9 Å². The van der Waals surface area contributed by atoms with Crippen LogP contribution < -0.4 is 4.74 Å². The molecular weight excluding hydrogens is 291 g/mol. The number of thioether (sulfide) groups is 1. The van der Waals surface area contributed by atoms with Crippen LogP contribution in [-0.4, -0.2) is 18.2 Å². The fourth-order valence-electron chi connectivity index (χ4n) is 1.91. The van der Waals surface area contributed by atoms with Crippen molar-refractivity contribution in [2.45, 2.75) is 17.6 Å². The zero-order valence-corrected chi connectivity index (χ0v) is 12.5. The van der Waals surface area contributed by atoms with Crippen molar-refractivity contribution < 1.29 is 19.0 Å². The number of carboxylic acid groups (broad SMARTS) is 1. The Labute approximate surface area is 126 Å². The van der Waals surface area contributed by atoms with Gasteiger partial charge in [0.05, 0.1) is 12.7 Å². The van der Waals surface area contributed by atoms with Crippen LogP contribution in [0, 0.1) is 12.7 Å². The van der Waals surface area contributed by atoms with E-state index in [1.807, 2.05) is 6.07 Å². The van der Waals surface area contributed by atoms with E-state index < -0.39 is 5.97 Å². The molecule has 0 fully saturated rings. The monoisotopic (exact) mass is 306 g/mol. The molecule has 2 aromatic rings. The predicted molar refractivity (Wildman–Crippen MR) is 80.7 cm³/mol. The molecule has 3 nitrogen and oxygen atoms in total. The van der Waals surface area contributed by atoms with Gasteiger partial charge in [-0.2, -0.15) is 0 Å². The maximum Gasteiger partial charge on any atom is 0.335 e. The highest BCUT2D eigenvalue weighted by atomic mass is 32.2. The third kappa shape index (κ3) is 3.55. The Morgan fingerprint density at radius 2 is 2.10 bits per heavy atom. The first kappa shape index (κ1) is 15.4. The first-order valence-corrected chi connectivity index (χ1v) is 7.29. The van der Waals surface area contributed by atoms with E-state index in [9.17, 15) is 9.18 Å². The highest BCUT2D eigenvalue weighted by Gasteiger charge is 2.11. The SMILES string of the molecule is COc1cccc(CSc2ccc(C)c(C(=O)O)c2)c1F. The fraction of sp³-hybridized carbons (Fsp3) is 0.188. The van der Waals surface area contributed by atoms with Crippen LogP contribution in [-0.2, 0) is 5.75 Å². The zero-order valence-electron chi connectivity index (χ0n) is 11.7. The van der Waals surface area contributed by atoms with Crippen molar-refractivity contribution in [3.05, 3.63) is 58.9 Å². The molecule has 0 heterocycles. The van der Waals surface area contributed by atoms with Gasteiger partial charge < -0.3 is 9.84 Å². The highest BCUT2D eigenvalue weighted by molar-refractivity contribution is 7.98. The minimum Gasteiger partial charge on any atom is -0.494 e. The van der Waals surface area contributed by atoms with Gasteiger partial charge in [0.2, 0.25) is 0 Å². The topological polar surface area (TPSA) is 46.5 Å². The molecule has 0 amide bonds. The Balaban J connectivity index is 2.17. The van der Waals surface area contributed by atoms with Crippen molar-refractivity contribution in [3.63, 3.8) is 0 Å². The molecule has 0 unspecified atom stereocenters. The average Bonchev–Trinajstić information content (AvgIpc) is 2.47. The summed E-state index contributed by atoms with van der Waals surface area (Å²) in [7, 11) is 1.43. The number of aryl methyl sites for hydroxylation is 1. The van der Waals surface area contributed by atoms with Crippen LogP contribution in [0.2, 0.25) is 0 Å². The second kappa shape index (κ2) is 6.63. The molecule has 5 heteroatoms. The second-order valence-electron chi connectivity index (χ2n) is 4.50. The molecular formula is C16H15FO3S. The Morgan fingerprint density at radius 1 is 1.33 bits per heavy atom. The molecule has 0 atom stereocenters. The minimum atomic E-state index is -0.956. The lowest BCUT2D eigenvalue weighted by atomic mass is 10.1. The molecule has 110 valence electrons. The van der Waals surface area contributed by atoms with E-state index >= 15 is 0 Å². The molecule has 0 spiro atoms. The smallest absolute Gasteiger partial charge is 0.335 e. The lowest BCUT2D eigenvalue weighted by molar-refractivity contribution is 0.0696. The van der Waals surface area contributed by atoms with Gasteiger partial charge in [0.1, 0.15) is 0 Å². The Bertz CT molecular complexity index is 671. The van der Waals surface area contributed by atoms with Crippen LogP contribution in [0.3, 0.4) is 0 Å². The molecule has 0 saturated heterocycles. The number of rotatable bonds is 5. The summed E-state index contributed by atoms with van der Waals surface area (Å²) >= 11 is 1.39. The summed E-state index contributed by atoms with van der Waals surface area (Å²) < 4.78 is 19.0. The summed E-state index contributed by atoms with van der Waals surface area (Å²) in [6.07, 6.45) is 0. The Morgan fingerprint density at radius 3 is 2.76 bits per heavy atom. The quantitative estimate of drug-likeness (QED) is 0.844. The summed E-state index contributed by atoms with van der Waals surface area (Å²) in [6.45, 7) is 1.75. The lowest BCUT2D eigenvalue weighted by Gasteiger charge is -2.08. The van der Waals surface area contributed by atoms with Gasteiger partial charge >= 0.3 is 5.97 Å². The molecule has 21 heavy (non-hydrogen) atoms. The normalized spacial score (nSPS) is 10.4. The van der Waals surface area contributed by atoms with Crippen LogP contribution in [0.1, 0.15) is 21.5 Å². The molecule has 0 aliphatic heterocycles. The summed E-state index contributed by atoms with van der Waals surface area (Å²) in [5, 5.41) is 9.10. The van der Waals surface area contributed by atoms with Gasteiger partial charge in [-0.25, -0.2) is 9.18 Å². The molecule has 0 aliphatic rings. The van der Waals surface area contributed by atoms with Gasteiger partial charge in [0.15, 0.2) is 11.6 Å². The first-order chi connectivity index (χ1) is 10.0. The predicted octanol–water partition coefficient (Wildman–Crippen LogP) is 4.13. The van der Waals surface area contributed by atoms with E-state index in [0.29, 0.717) is 16.9 Å². The van der Waals surface area contributed by atoms with Gasteiger partial charge in [0.25, 0.3) is 0 Å². The first-order valence-electron chi connectivity index (χ1n) is 6.31. The number of ether oxygens (including phenoxy) is 1. The van der Waals surface area contributed by atoms with Crippen molar-refractivity contribution in [2.24, 2.45) is 0 Å². The van der Waals surface area contributed by atoms with Crippen LogP contribution >= 0.6 is 11.8 Å². The molecule has 1 N–H and O–H groups in total. The molecule has 2 aromatic carbocycles. The summed E-state index contributed by atoms with van der Waals surface area (Å²) in [4.78, 5) is 11.9. The van der Waals surface area contributed by atoms with Crippen molar-refractivity contribution >= 4 is 17.7 Å². The third-order valence-corrected chi connectivity index (χ3v) is 4.14. The number of carbonyl (C=O) groups is 1. The van der Waals surface area contributed by atoms with Gasteiger partial charge in [-0.05, 0) is 30.7 Å². The number of hydrogen-bond acceptors (Lipinski definition) is 3. The van der Waals surface area contributed by atoms with E-state index in [-0.39, 0.29) is 17.1 Å². The van der Waals surface area contributed by atoms with Gasteiger partial charge in [-0.1, -0.05) is 18.2 Å². The van der Waals surface area contributed by atoms with E-state index in [1.54, 1.807) is 37.3 Å². The largest absolute Gasteiger partial charge is 0.494 e. The standard InChI is InChI=1S/C16H15FO3S/c1-10-6-7-12(8-13(10)16(18)19)21-9-11-4-3-5-14(20-2)15(11)17/h3-8H,9H2,1-2H3,(H,18,19). The van der Waals surface area contributed by atoms with Crippen LogP contribution in [0.15, 0.2) is 41.3 Å². The number of halogens is 1. The maximum absolute atomic E-state index is 14.0. The zero-order chi connectivity index (χ0) is 15.4. The van der Waals surface area contributed by atoms with Crippen LogP contribution in [0.4, 0.5) is 4.39 Å². The number of hydrogen-bond donors (Lipinski definition) is 1. The van der Waals surface area contributed by atoms with Crippen molar-refractivity contribution in [1.82, 2.24) is 0 Å². The van der Waals surface area contributed by atoms with Gasteiger partial charge in [-0.3, -0.25) is 0 Å². The summed E-state index contributed by atoms with van der Waals surface area (Å²) in [5.41, 5.74) is 1.50. The van der Waals surface area contributed by atoms with Crippen molar-refractivity contribution in [1.29, 1.82) is 0 Å². The fourth-order valence-corrected chi connectivity index (χ4v) is 2.82. The second-order valence-corrected chi connectivity index (χ2v) is 5.55. The highest BCUT2D eigenvalue weighted by Crippen LogP contribution is 2.28. The molecule has 0 saturated carbocycles. The maximum atomic E-state index is 14.0. The molecule has 0 aliphatic carbocycles. The van der Waals surface area contributed by atoms with Gasteiger partial charge in [0, 0.05) is 16.2 Å². The average molecular weight is 306 g/mol. The summed E-state index contributed by atoms with van der Waals surface area (Å²) in [5.74, 6) is -0.714. The molecule has 0 bridgehead atoms. The molecule has 0 aromatic heterocycles. The van der Waals surface area contributed by atoms with E-state index in [4.69, 9.17) is 9.84 Å². The number of carboxylic acids is 1. The molecule has 0 radical (unpaired) electrons. The number of benzene rings is 2. The van der Waals surface area contributed by atoms with Crippen molar-refractivity contribution in [3.8, 4) is 5.75 Å². The Kier molecular flexibility index (Phi) is 4.85. The number of aromatic carboxylic acids is 1. The lowest BCUT2D eigenvalue weighted by Crippen LogP contribution is -1.99. The Hall–Kier alpha value is -2.01. The van der Waals surface area contributed by atoms with E-state index in [0.717, 1.165) is 4.90 Å². The van der Waals surface area contributed by atoms with E-state index in [2.05, 4.69) is 0 Å². The minimum absolute atomic E-state index is 0.211. The summed E-state index contributed by atoms with van der Waals surface area (Å²) in [6, 6.07) is 10.2. The van der Waals surface area contributed by atoms with Crippen LogP contribution in [0.5, 0.6) is 5.75 Å². The van der Waals surface area contributed by atoms with Crippen molar-refractivity contribution in [2.75, 3.05) is 7.11 Å². The van der Waals surface area contributed by atoms with Crippen LogP contribution in [0.25, 0.3) is 0 Å².